The summed E-state index contributed by atoms with van der Waals surface area (Å²) in [7, 11) is 2.11. The minimum atomic E-state index is -0.463. The summed E-state index contributed by atoms with van der Waals surface area (Å²) in [6.45, 7) is 7.28. The molecule has 1 fully saturated rings. The molecule has 0 aromatic heterocycles. The van der Waals surface area contributed by atoms with Crippen LogP contribution in [-0.2, 0) is 5.41 Å². The van der Waals surface area contributed by atoms with Gasteiger partial charge in [-0.1, -0.05) is 24.6 Å². The topological polar surface area (TPSA) is 53.6 Å². The van der Waals surface area contributed by atoms with Crippen LogP contribution in [0.4, 0.5) is 16.2 Å². The fourth-order valence-corrected chi connectivity index (χ4v) is 4.36. The van der Waals surface area contributed by atoms with Gasteiger partial charge in [0.2, 0.25) is 0 Å². The van der Waals surface area contributed by atoms with E-state index in [1.54, 1.807) is 0 Å². The summed E-state index contributed by atoms with van der Waals surface area (Å²) >= 11 is 0. The zero-order valence-electron chi connectivity index (χ0n) is 15.7. The molecule has 26 heavy (non-hydrogen) atoms. The van der Waals surface area contributed by atoms with Gasteiger partial charge in [0.05, 0.1) is 6.17 Å². The number of aryl methyl sites for hydroxylation is 2. The van der Waals surface area contributed by atoms with Crippen molar-refractivity contribution >= 4 is 17.5 Å². The molecule has 0 radical (unpaired) electrons. The molecule has 136 valence electrons. The van der Waals surface area contributed by atoms with Crippen molar-refractivity contribution in [3.8, 4) is 5.75 Å². The van der Waals surface area contributed by atoms with E-state index in [2.05, 4.69) is 29.5 Å². The highest BCUT2D eigenvalue weighted by Crippen LogP contribution is 2.49. The Kier molecular flexibility index (Phi) is 3.92. The normalized spacial score (nSPS) is 23.5. The van der Waals surface area contributed by atoms with E-state index in [4.69, 9.17) is 4.74 Å². The SMILES string of the molecule is Cc1ccc(NC(=O)Oc2ccc3c(c2)C2(C)CCNC2N3C)c(C)c1. The van der Waals surface area contributed by atoms with Crippen LogP contribution >= 0.6 is 0 Å². The maximum absolute atomic E-state index is 12.3. The van der Waals surface area contributed by atoms with Crippen molar-refractivity contribution < 1.29 is 9.53 Å². The van der Waals surface area contributed by atoms with Crippen molar-refractivity contribution in [3.05, 3.63) is 53.1 Å². The number of likely N-dealkylation sites (N-methyl/N-ethyl adjacent to an activating group) is 1. The fourth-order valence-electron chi connectivity index (χ4n) is 4.36. The van der Waals surface area contributed by atoms with Crippen LogP contribution in [0.2, 0.25) is 0 Å². The summed E-state index contributed by atoms with van der Waals surface area (Å²) in [5.74, 6) is 0.577. The van der Waals surface area contributed by atoms with Gasteiger partial charge < -0.3 is 9.64 Å². The molecule has 0 bridgehead atoms. The number of benzene rings is 2. The van der Waals surface area contributed by atoms with Crippen LogP contribution in [0.3, 0.4) is 0 Å². The van der Waals surface area contributed by atoms with Crippen molar-refractivity contribution in [3.63, 3.8) is 0 Å². The van der Waals surface area contributed by atoms with Crippen LogP contribution in [0.25, 0.3) is 0 Å². The molecule has 2 aliphatic heterocycles. The summed E-state index contributed by atoms with van der Waals surface area (Å²) in [6, 6.07) is 11.8. The monoisotopic (exact) mass is 351 g/mol. The molecule has 2 atom stereocenters. The quantitative estimate of drug-likeness (QED) is 0.860. The largest absolute Gasteiger partial charge is 0.417 e. The molecule has 2 aliphatic rings. The number of anilines is 2. The Morgan fingerprint density at radius 1 is 1.27 bits per heavy atom. The van der Waals surface area contributed by atoms with Crippen molar-refractivity contribution in [1.82, 2.24) is 5.32 Å². The first-order valence-corrected chi connectivity index (χ1v) is 9.05. The molecule has 1 amide bonds. The number of ether oxygens (including phenoxy) is 1. The molecule has 2 N–H and O–H groups in total. The molecular weight excluding hydrogens is 326 g/mol. The standard InChI is InChI=1S/C21H25N3O2/c1-13-5-7-17(14(2)11-13)23-20(25)26-15-6-8-18-16(12-15)21(3)9-10-22-19(21)24(18)4/h5-8,11-12,19,22H,9-10H2,1-4H3,(H,23,25). The second-order valence-electron chi connectivity index (χ2n) is 7.65. The van der Waals surface area contributed by atoms with Gasteiger partial charge >= 0.3 is 6.09 Å². The van der Waals surface area contributed by atoms with Gasteiger partial charge in [0.1, 0.15) is 5.75 Å². The van der Waals surface area contributed by atoms with E-state index in [0.717, 1.165) is 29.8 Å². The number of hydrogen-bond acceptors (Lipinski definition) is 4. The van der Waals surface area contributed by atoms with Gasteiger partial charge in [-0.15, -0.1) is 0 Å². The average Bonchev–Trinajstić information content (AvgIpc) is 3.07. The molecule has 0 saturated carbocycles. The van der Waals surface area contributed by atoms with Crippen molar-refractivity contribution in [1.29, 1.82) is 0 Å². The second-order valence-corrected chi connectivity index (χ2v) is 7.65. The highest BCUT2D eigenvalue weighted by atomic mass is 16.6. The molecule has 2 heterocycles. The van der Waals surface area contributed by atoms with Gasteiger partial charge in [-0.3, -0.25) is 10.6 Å². The number of amides is 1. The van der Waals surface area contributed by atoms with E-state index in [1.807, 2.05) is 50.2 Å². The Morgan fingerprint density at radius 3 is 2.85 bits per heavy atom. The second kappa shape index (κ2) is 6.02. The molecule has 2 unspecified atom stereocenters. The molecule has 5 nitrogen and oxygen atoms in total. The number of carbonyl (C=O) groups excluding carboxylic acids is 1. The molecular formula is C21H25N3O2. The van der Waals surface area contributed by atoms with Gasteiger partial charge in [0.25, 0.3) is 0 Å². The molecule has 1 saturated heterocycles. The van der Waals surface area contributed by atoms with Gasteiger partial charge in [-0.2, -0.15) is 0 Å². The molecule has 2 aromatic rings. The van der Waals surface area contributed by atoms with E-state index >= 15 is 0 Å². The van der Waals surface area contributed by atoms with Crippen molar-refractivity contribution in [2.75, 3.05) is 23.8 Å². The minimum Gasteiger partial charge on any atom is -0.410 e. The number of fused-ring (bicyclic) bond motifs is 3. The third kappa shape index (κ3) is 2.63. The Morgan fingerprint density at radius 2 is 2.08 bits per heavy atom. The van der Waals surface area contributed by atoms with Gasteiger partial charge in [-0.05, 0) is 62.2 Å². The van der Waals surface area contributed by atoms with E-state index < -0.39 is 6.09 Å². The lowest BCUT2D eigenvalue weighted by Crippen LogP contribution is -2.44. The smallest absolute Gasteiger partial charge is 0.410 e. The summed E-state index contributed by atoms with van der Waals surface area (Å²) < 4.78 is 5.57. The van der Waals surface area contributed by atoms with Gasteiger partial charge in [-0.25, -0.2) is 4.79 Å². The van der Waals surface area contributed by atoms with Gasteiger partial charge in [0, 0.05) is 23.8 Å². The Balaban J connectivity index is 1.54. The number of hydrogen-bond donors (Lipinski definition) is 2. The fraction of sp³-hybridized carbons (Fsp3) is 0.381. The number of nitrogens with zero attached hydrogens (tertiary/aromatic N) is 1. The predicted octanol–water partition coefficient (Wildman–Crippen LogP) is 3.94. The number of rotatable bonds is 2. The van der Waals surface area contributed by atoms with Crippen molar-refractivity contribution in [2.24, 2.45) is 0 Å². The lowest BCUT2D eigenvalue weighted by molar-refractivity contribution is 0.215. The molecule has 5 heteroatoms. The minimum absolute atomic E-state index is 0.0491. The van der Waals surface area contributed by atoms with Crippen LogP contribution in [0, 0.1) is 13.8 Å². The maximum atomic E-state index is 12.3. The Hall–Kier alpha value is -2.53. The number of carbonyl (C=O) groups is 1. The Bertz CT molecular complexity index is 880. The van der Waals surface area contributed by atoms with E-state index in [9.17, 15) is 4.79 Å². The molecule has 0 aliphatic carbocycles. The zero-order valence-corrected chi connectivity index (χ0v) is 15.7. The summed E-state index contributed by atoms with van der Waals surface area (Å²) in [6.07, 6.45) is 0.916. The molecule has 2 aromatic carbocycles. The highest BCUT2D eigenvalue weighted by molar-refractivity contribution is 5.87. The van der Waals surface area contributed by atoms with E-state index in [-0.39, 0.29) is 5.41 Å². The van der Waals surface area contributed by atoms with E-state index in [0.29, 0.717) is 11.9 Å². The predicted molar refractivity (Wildman–Crippen MR) is 104 cm³/mol. The van der Waals surface area contributed by atoms with Gasteiger partial charge in [0.15, 0.2) is 0 Å². The first kappa shape index (κ1) is 16.9. The summed E-state index contributed by atoms with van der Waals surface area (Å²) in [5, 5.41) is 6.40. The Labute approximate surface area is 154 Å². The zero-order chi connectivity index (χ0) is 18.5. The van der Waals surface area contributed by atoms with Crippen molar-refractivity contribution in [2.45, 2.75) is 38.8 Å². The van der Waals surface area contributed by atoms with Crippen LogP contribution in [0.5, 0.6) is 5.75 Å². The molecule has 0 spiro atoms. The number of nitrogens with one attached hydrogen (secondary N) is 2. The highest BCUT2D eigenvalue weighted by Gasteiger charge is 2.49. The van der Waals surface area contributed by atoms with Crippen LogP contribution in [-0.4, -0.2) is 25.9 Å². The third-order valence-electron chi connectivity index (χ3n) is 5.77. The first-order chi connectivity index (χ1) is 12.4. The average molecular weight is 351 g/mol. The lowest BCUT2D eigenvalue weighted by atomic mass is 9.81. The van der Waals surface area contributed by atoms with Crippen LogP contribution in [0.1, 0.15) is 30.0 Å². The summed E-state index contributed by atoms with van der Waals surface area (Å²) in [4.78, 5) is 14.6. The maximum Gasteiger partial charge on any atom is 0.417 e. The van der Waals surface area contributed by atoms with Crippen LogP contribution < -0.4 is 20.3 Å². The van der Waals surface area contributed by atoms with E-state index in [1.165, 1.54) is 11.3 Å². The lowest BCUT2D eigenvalue weighted by Gasteiger charge is -2.27. The first-order valence-electron chi connectivity index (χ1n) is 9.05. The third-order valence-corrected chi connectivity index (χ3v) is 5.77. The summed E-state index contributed by atoms with van der Waals surface area (Å²) in [5.41, 5.74) is 5.45. The van der Waals surface area contributed by atoms with Crippen LogP contribution in [0.15, 0.2) is 36.4 Å². The molecule has 4 rings (SSSR count).